The minimum absolute atomic E-state index is 0.00685. The molecule has 0 saturated carbocycles. The van der Waals surface area contributed by atoms with E-state index in [0.717, 1.165) is 22.8 Å². The molecule has 2 atom stereocenters. The first-order valence-electron chi connectivity index (χ1n) is 12.9. The summed E-state index contributed by atoms with van der Waals surface area (Å²) in [5.74, 6) is 0.280. The van der Waals surface area contributed by atoms with Gasteiger partial charge in [0.25, 0.3) is 10.0 Å². The fourth-order valence-corrected chi connectivity index (χ4v) is 6.44. The molecule has 1 N–H and O–H groups in total. The van der Waals surface area contributed by atoms with Gasteiger partial charge in [-0.1, -0.05) is 43.3 Å². The van der Waals surface area contributed by atoms with Gasteiger partial charge in [-0.3, -0.25) is 13.9 Å². The number of amides is 2. The van der Waals surface area contributed by atoms with Gasteiger partial charge in [-0.15, -0.1) is 0 Å². The Morgan fingerprint density at radius 1 is 1.03 bits per heavy atom. The molecule has 0 aromatic heterocycles. The summed E-state index contributed by atoms with van der Waals surface area (Å²) in [4.78, 5) is 28.3. The maximum absolute atomic E-state index is 13.5. The number of carbonyl (C=O) groups is 2. The topological polar surface area (TPSA) is 96.0 Å². The van der Waals surface area contributed by atoms with E-state index in [1.54, 1.807) is 37.1 Å². The number of nitrogens with zero attached hydrogens (tertiary/aromatic N) is 2. The highest BCUT2D eigenvalue weighted by Gasteiger charge is 2.35. The van der Waals surface area contributed by atoms with Gasteiger partial charge in [0.2, 0.25) is 11.8 Å². The zero-order chi connectivity index (χ0) is 27.4. The summed E-state index contributed by atoms with van der Waals surface area (Å²) in [7, 11) is -2.10. The first-order chi connectivity index (χ1) is 18.2. The van der Waals surface area contributed by atoms with Crippen molar-refractivity contribution in [2.75, 3.05) is 18.0 Å². The van der Waals surface area contributed by atoms with Crippen molar-refractivity contribution in [3.8, 4) is 5.75 Å². The highest BCUT2D eigenvalue weighted by atomic mass is 32.2. The summed E-state index contributed by atoms with van der Waals surface area (Å²) in [6.07, 6.45) is 1.21. The second-order valence-electron chi connectivity index (χ2n) is 9.68. The lowest BCUT2D eigenvalue weighted by Crippen LogP contribution is -2.49. The third kappa shape index (κ3) is 5.48. The van der Waals surface area contributed by atoms with Crippen molar-refractivity contribution in [1.82, 2.24) is 10.2 Å². The summed E-state index contributed by atoms with van der Waals surface area (Å²) in [5.41, 5.74) is 1.51. The number of carbonyl (C=O) groups excluding carboxylic acids is 2. The molecule has 38 heavy (non-hydrogen) atoms. The van der Waals surface area contributed by atoms with Gasteiger partial charge in [-0.05, 0) is 61.9 Å². The zero-order valence-electron chi connectivity index (χ0n) is 22.3. The minimum atomic E-state index is -3.69. The van der Waals surface area contributed by atoms with Crippen LogP contribution in [0.4, 0.5) is 5.69 Å². The minimum Gasteiger partial charge on any atom is -0.497 e. The average Bonchev–Trinajstić information content (AvgIpc) is 3.14. The van der Waals surface area contributed by atoms with Crippen LogP contribution in [-0.4, -0.2) is 50.9 Å². The Balaban J connectivity index is 1.49. The third-order valence-corrected chi connectivity index (χ3v) is 8.97. The number of sulfonamides is 1. The molecular formula is C29H35N3O5S. The molecule has 3 aromatic carbocycles. The van der Waals surface area contributed by atoms with Gasteiger partial charge in [0.15, 0.2) is 0 Å². The molecule has 3 aromatic rings. The standard InChI is InChI=1S/C29H35N3O5S/c1-5-20(2)30-29(34)21(3)31(19-22-14-16-24(37-4)17-15-22)27(33)13-8-18-32-25-11-6-9-23-10-7-12-26(28(23)25)38(32,35)36/h6-7,9-12,14-17,20-21H,5,8,13,18-19H2,1-4H3,(H,30,34). The van der Waals surface area contributed by atoms with E-state index >= 15 is 0 Å². The van der Waals surface area contributed by atoms with Crippen LogP contribution < -0.4 is 14.4 Å². The maximum atomic E-state index is 13.5. The van der Waals surface area contributed by atoms with Gasteiger partial charge < -0.3 is 15.0 Å². The quantitative estimate of drug-likeness (QED) is 0.389. The number of ether oxygens (including phenoxy) is 1. The smallest absolute Gasteiger partial charge is 0.265 e. The van der Waals surface area contributed by atoms with Crippen molar-refractivity contribution in [2.45, 2.75) is 63.6 Å². The van der Waals surface area contributed by atoms with E-state index in [9.17, 15) is 18.0 Å². The van der Waals surface area contributed by atoms with Crippen LogP contribution in [-0.2, 0) is 26.2 Å². The van der Waals surface area contributed by atoms with Gasteiger partial charge in [-0.25, -0.2) is 8.42 Å². The van der Waals surface area contributed by atoms with Crippen LogP contribution in [0.1, 0.15) is 45.6 Å². The predicted molar refractivity (Wildman–Crippen MR) is 149 cm³/mol. The van der Waals surface area contributed by atoms with Crippen LogP contribution in [0.15, 0.2) is 65.6 Å². The molecule has 0 fully saturated rings. The summed E-state index contributed by atoms with van der Waals surface area (Å²) >= 11 is 0. The second kappa shape index (κ2) is 11.4. The summed E-state index contributed by atoms with van der Waals surface area (Å²) in [6.45, 7) is 6.06. The van der Waals surface area contributed by atoms with Crippen molar-refractivity contribution < 1.29 is 22.7 Å². The van der Waals surface area contributed by atoms with E-state index in [4.69, 9.17) is 4.74 Å². The number of hydrogen-bond donors (Lipinski definition) is 1. The molecule has 2 unspecified atom stereocenters. The molecule has 0 radical (unpaired) electrons. The Morgan fingerprint density at radius 2 is 1.71 bits per heavy atom. The van der Waals surface area contributed by atoms with E-state index in [1.807, 2.05) is 56.3 Å². The number of methoxy groups -OCH3 is 1. The maximum Gasteiger partial charge on any atom is 0.265 e. The Hall–Kier alpha value is -3.59. The van der Waals surface area contributed by atoms with Gasteiger partial charge in [0.1, 0.15) is 11.8 Å². The number of benzene rings is 3. The first kappa shape index (κ1) is 27.4. The molecule has 0 spiro atoms. The molecule has 4 rings (SSSR count). The van der Waals surface area contributed by atoms with E-state index in [2.05, 4.69) is 5.32 Å². The lowest BCUT2D eigenvalue weighted by Gasteiger charge is -2.30. The van der Waals surface area contributed by atoms with E-state index in [-0.39, 0.29) is 37.4 Å². The molecule has 0 bridgehead atoms. The molecular weight excluding hydrogens is 502 g/mol. The number of hydrogen-bond acceptors (Lipinski definition) is 5. The summed E-state index contributed by atoms with van der Waals surface area (Å²) in [5, 5.41) is 4.55. The molecule has 1 heterocycles. The fourth-order valence-electron chi connectivity index (χ4n) is 4.69. The van der Waals surface area contributed by atoms with Gasteiger partial charge >= 0.3 is 0 Å². The van der Waals surface area contributed by atoms with Crippen molar-refractivity contribution in [1.29, 1.82) is 0 Å². The Morgan fingerprint density at radius 3 is 2.37 bits per heavy atom. The van der Waals surface area contributed by atoms with Crippen LogP contribution in [0, 0.1) is 0 Å². The monoisotopic (exact) mass is 537 g/mol. The summed E-state index contributed by atoms with van der Waals surface area (Å²) in [6, 6.07) is 17.5. The normalized spacial score (nSPS) is 15.2. The van der Waals surface area contributed by atoms with Crippen LogP contribution in [0.5, 0.6) is 5.75 Å². The third-order valence-electron chi connectivity index (χ3n) is 7.11. The van der Waals surface area contributed by atoms with Crippen molar-refractivity contribution in [3.05, 3.63) is 66.2 Å². The lowest BCUT2D eigenvalue weighted by atomic mass is 10.1. The molecule has 0 saturated heterocycles. The van der Waals surface area contributed by atoms with Crippen molar-refractivity contribution >= 4 is 38.3 Å². The molecule has 9 heteroatoms. The Labute approximate surface area is 224 Å². The van der Waals surface area contributed by atoms with Crippen LogP contribution >= 0.6 is 0 Å². The average molecular weight is 538 g/mol. The first-order valence-corrected chi connectivity index (χ1v) is 14.4. The molecule has 2 amide bonds. The Kier molecular flexibility index (Phi) is 8.26. The zero-order valence-corrected chi connectivity index (χ0v) is 23.1. The van der Waals surface area contributed by atoms with E-state index < -0.39 is 16.1 Å². The highest BCUT2D eigenvalue weighted by molar-refractivity contribution is 7.93. The van der Waals surface area contributed by atoms with Gasteiger partial charge in [0, 0.05) is 30.9 Å². The fraction of sp³-hybridized carbons (Fsp3) is 0.379. The van der Waals surface area contributed by atoms with Crippen LogP contribution in [0.2, 0.25) is 0 Å². The van der Waals surface area contributed by atoms with Crippen LogP contribution in [0.25, 0.3) is 10.8 Å². The van der Waals surface area contributed by atoms with Gasteiger partial charge in [0.05, 0.1) is 17.7 Å². The van der Waals surface area contributed by atoms with Crippen molar-refractivity contribution in [2.24, 2.45) is 0 Å². The largest absolute Gasteiger partial charge is 0.497 e. The van der Waals surface area contributed by atoms with Crippen LogP contribution in [0.3, 0.4) is 0 Å². The summed E-state index contributed by atoms with van der Waals surface area (Å²) < 4.78 is 33.1. The van der Waals surface area contributed by atoms with E-state index in [0.29, 0.717) is 22.8 Å². The SMILES string of the molecule is CCC(C)NC(=O)C(C)N(Cc1ccc(OC)cc1)C(=O)CCCN1c2cccc3cccc(c23)S1(=O)=O. The van der Waals surface area contributed by atoms with Crippen molar-refractivity contribution in [3.63, 3.8) is 0 Å². The molecule has 8 nitrogen and oxygen atoms in total. The lowest BCUT2D eigenvalue weighted by molar-refractivity contribution is -0.140. The second-order valence-corrected chi connectivity index (χ2v) is 11.5. The van der Waals surface area contributed by atoms with E-state index in [1.165, 1.54) is 4.31 Å². The molecule has 1 aliphatic rings. The predicted octanol–water partition coefficient (Wildman–Crippen LogP) is 4.47. The highest BCUT2D eigenvalue weighted by Crippen LogP contribution is 2.42. The number of anilines is 1. The molecule has 202 valence electrons. The number of nitrogens with one attached hydrogen (secondary N) is 1. The molecule has 1 aliphatic heterocycles. The van der Waals surface area contributed by atoms with Gasteiger partial charge in [-0.2, -0.15) is 0 Å². The number of rotatable bonds is 11. The molecule has 0 aliphatic carbocycles. The Bertz CT molecular complexity index is 1420.